The van der Waals surface area contributed by atoms with Gasteiger partial charge in [-0.15, -0.1) is 11.3 Å². The van der Waals surface area contributed by atoms with Gasteiger partial charge in [-0.3, -0.25) is 4.79 Å². The third-order valence-corrected chi connectivity index (χ3v) is 5.11. The lowest BCUT2D eigenvalue weighted by Gasteiger charge is -2.23. The Morgan fingerprint density at radius 2 is 2.04 bits per heavy atom. The van der Waals surface area contributed by atoms with Crippen LogP contribution in [0.3, 0.4) is 0 Å². The number of carbonyl (C=O) groups excluding carboxylic acids is 1. The van der Waals surface area contributed by atoms with Crippen molar-refractivity contribution in [2.75, 3.05) is 0 Å². The third-order valence-electron chi connectivity index (χ3n) is 3.99. The van der Waals surface area contributed by atoms with E-state index in [-0.39, 0.29) is 17.9 Å². The monoisotopic (exact) mass is 389 g/mol. The molecule has 1 aromatic carbocycles. The van der Waals surface area contributed by atoms with Gasteiger partial charge in [0, 0.05) is 17.9 Å². The van der Waals surface area contributed by atoms with Gasteiger partial charge in [0.2, 0.25) is 17.6 Å². The van der Waals surface area contributed by atoms with E-state index in [1.807, 2.05) is 41.8 Å². The fourth-order valence-electron chi connectivity index (χ4n) is 2.63. The number of nitrogens with zero attached hydrogens (tertiary/aromatic N) is 2. The molecule has 2 heterocycles. The van der Waals surface area contributed by atoms with Crippen LogP contribution in [-0.2, 0) is 11.2 Å². The Bertz CT molecular complexity index is 844. The Morgan fingerprint density at radius 1 is 1.27 bits per heavy atom. The molecular weight excluding hydrogens is 370 g/mol. The molecule has 2 aromatic heterocycles. The molecule has 0 aliphatic carbocycles. The third kappa shape index (κ3) is 4.71. The van der Waals surface area contributed by atoms with Crippen LogP contribution in [0.2, 0.25) is 5.02 Å². The molecule has 7 heteroatoms. The van der Waals surface area contributed by atoms with Gasteiger partial charge in [0.15, 0.2) is 0 Å². The van der Waals surface area contributed by atoms with E-state index in [1.54, 1.807) is 11.3 Å². The zero-order chi connectivity index (χ0) is 18.5. The molecule has 0 saturated carbocycles. The average molecular weight is 390 g/mol. The van der Waals surface area contributed by atoms with Crippen molar-refractivity contribution in [3.8, 4) is 10.7 Å². The standard InChI is InChI=1S/C19H20ClN3O2S/c1-12(2)18(13-5-7-14(20)8-6-13)21-16(24)9-10-17-22-19(23-25-17)15-4-3-11-26-15/h3-8,11-12,18H,9-10H2,1-2H3,(H,21,24). The van der Waals surface area contributed by atoms with Crippen molar-refractivity contribution in [3.63, 3.8) is 0 Å². The number of amides is 1. The zero-order valence-electron chi connectivity index (χ0n) is 14.6. The maximum atomic E-state index is 12.4. The molecule has 1 unspecified atom stereocenters. The minimum Gasteiger partial charge on any atom is -0.349 e. The van der Waals surface area contributed by atoms with Crippen LogP contribution >= 0.6 is 22.9 Å². The smallest absolute Gasteiger partial charge is 0.227 e. The summed E-state index contributed by atoms with van der Waals surface area (Å²) in [5.74, 6) is 1.25. The SMILES string of the molecule is CC(C)C(NC(=O)CCc1nc(-c2cccs2)no1)c1ccc(Cl)cc1. The van der Waals surface area contributed by atoms with Crippen LogP contribution in [0.15, 0.2) is 46.3 Å². The highest BCUT2D eigenvalue weighted by Gasteiger charge is 2.19. The minimum atomic E-state index is -0.0656. The van der Waals surface area contributed by atoms with Gasteiger partial charge in [-0.1, -0.05) is 48.8 Å². The number of hydrogen-bond donors (Lipinski definition) is 1. The van der Waals surface area contributed by atoms with Crippen molar-refractivity contribution in [2.24, 2.45) is 5.92 Å². The van der Waals surface area contributed by atoms with Gasteiger partial charge < -0.3 is 9.84 Å². The van der Waals surface area contributed by atoms with E-state index in [9.17, 15) is 4.79 Å². The molecule has 1 amide bonds. The van der Waals surface area contributed by atoms with E-state index in [0.29, 0.717) is 29.6 Å². The lowest BCUT2D eigenvalue weighted by Crippen LogP contribution is -2.31. The van der Waals surface area contributed by atoms with E-state index >= 15 is 0 Å². The quantitative estimate of drug-likeness (QED) is 0.624. The summed E-state index contributed by atoms with van der Waals surface area (Å²) < 4.78 is 5.24. The highest BCUT2D eigenvalue weighted by Crippen LogP contribution is 2.24. The minimum absolute atomic E-state index is 0.0467. The number of nitrogens with one attached hydrogen (secondary N) is 1. The van der Waals surface area contributed by atoms with Gasteiger partial charge in [-0.05, 0) is 35.1 Å². The highest BCUT2D eigenvalue weighted by molar-refractivity contribution is 7.13. The Morgan fingerprint density at radius 3 is 2.69 bits per heavy atom. The molecule has 0 fully saturated rings. The molecule has 0 radical (unpaired) electrons. The average Bonchev–Trinajstić information content (AvgIpc) is 3.30. The molecule has 1 atom stereocenters. The normalized spacial score (nSPS) is 12.3. The largest absolute Gasteiger partial charge is 0.349 e. The Hall–Kier alpha value is -2.18. The molecule has 3 rings (SSSR count). The molecule has 1 N–H and O–H groups in total. The number of aryl methyl sites for hydroxylation is 1. The summed E-state index contributed by atoms with van der Waals surface area (Å²) in [6.45, 7) is 4.15. The van der Waals surface area contributed by atoms with Crippen LogP contribution in [0, 0.1) is 5.92 Å². The molecular formula is C19H20ClN3O2S. The first kappa shape index (κ1) is 18.6. The molecule has 0 aliphatic heterocycles. The van der Waals surface area contributed by atoms with Gasteiger partial charge in [0.05, 0.1) is 10.9 Å². The van der Waals surface area contributed by atoms with Crippen molar-refractivity contribution in [1.82, 2.24) is 15.5 Å². The molecule has 3 aromatic rings. The summed E-state index contributed by atoms with van der Waals surface area (Å²) in [7, 11) is 0. The summed E-state index contributed by atoms with van der Waals surface area (Å²) in [5.41, 5.74) is 1.04. The van der Waals surface area contributed by atoms with Crippen LogP contribution < -0.4 is 5.32 Å². The van der Waals surface area contributed by atoms with E-state index in [4.69, 9.17) is 16.1 Å². The number of thiophene rings is 1. The number of carbonyl (C=O) groups is 1. The number of halogens is 1. The first-order chi connectivity index (χ1) is 12.5. The second-order valence-corrected chi connectivity index (χ2v) is 7.71. The van der Waals surface area contributed by atoms with E-state index in [2.05, 4.69) is 29.3 Å². The van der Waals surface area contributed by atoms with Crippen molar-refractivity contribution in [3.05, 3.63) is 58.3 Å². The predicted molar refractivity (Wildman–Crippen MR) is 103 cm³/mol. The van der Waals surface area contributed by atoms with Gasteiger partial charge in [0.1, 0.15) is 0 Å². The van der Waals surface area contributed by atoms with Crippen molar-refractivity contribution in [1.29, 1.82) is 0 Å². The number of hydrogen-bond acceptors (Lipinski definition) is 5. The van der Waals surface area contributed by atoms with Gasteiger partial charge >= 0.3 is 0 Å². The highest BCUT2D eigenvalue weighted by atomic mass is 35.5. The van der Waals surface area contributed by atoms with Crippen LogP contribution in [-0.4, -0.2) is 16.0 Å². The summed E-state index contributed by atoms with van der Waals surface area (Å²) in [4.78, 5) is 17.7. The number of aromatic nitrogens is 2. The second kappa shape index (κ2) is 8.47. The summed E-state index contributed by atoms with van der Waals surface area (Å²) in [6, 6.07) is 11.4. The second-order valence-electron chi connectivity index (χ2n) is 6.33. The molecule has 136 valence electrons. The van der Waals surface area contributed by atoms with Crippen molar-refractivity contribution in [2.45, 2.75) is 32.7 Å². The summed E-state index contributed by atoms with van der Waals surface area (Å²) >= 11 is 7.50. The van der Waals surface area contributed by atoms with Crippen LogP contribution in [0.1, 0.15) is 37.8 Å². The fraction of sp³-hybridized carbons (Fsp3) is 0.316. The zero-order valence-corrected chi connectivity index (χ0v) is 16.2. The molecule has 26 heavy (non-hydrogen) atoms. The lowest BCUT2D eigenvalue weighted by atomic mass is 9.96. The van der Waals surface area contributed by atoms with E-state index < -0.39 is 0 Å². The Labute approximate surface area is 161 Å². The summed E-state index contributed by atoms with van der Waals surface area (Å²) in [5, 5.41) is 9.69. The lowest BCUT2D eigenvalue weighted by molar-refractivity contribution is -0.122. The van der Waals surface area contributed by atoms with Crippen molar-refractivity contribution < 1.29 is 9.32 Å². The topological polar surface area (TPSA) is 68.0 Å². The van der Waals surface area contributed by atoms with Crippen LogP contribution in [0.5, 0.6) is 0 Å². The maximum Gasteiger partial charge on any atom is 0.227 e. The first-order valence-electron chi connectivity index (χ1n) is 8.44. The predicted octanol–water partition coefficient (Wildman–Crippen LogP) is 4.90. The maximum absolute atomic E-state index is 12.4. The Kier molecular flexibility index (Phi) is 6.06. The molecule has 5 nitrogen and oxygen atoms in total. The number of benzene rings is 1. The van der Waals surface area contributed by atoms with E-state index in [0.717, 1.165) is 10.4 Å². The van der Waals surface area contributed by atoms with E-state index in [1.165, 1.54) is 0 Å². The molecule has 0 bridgehead atoms. The number of rotatable bonds is 7. The first-order valence-corrected chi connectivity index (χ1v) is 9.70. The fourth-order valence-corrected chi connectivity index (χ4v) is 3.41. The van der Waals surface area contributed by atoms with Gasteiger partial charge in [-0.25, -0.2) is 0 Å². The van der Waals surface area contributed by atoms with Crippen LogP contribution in [0.25, 0.3) is 10.7 Å². The van der Waals surface area contributed by atoms with Gasteiger partial charge in [-0.2, -0.15) is 4.98 Å². The summed E-state index contributed by atoms with van der Waals surface area (Å²) in [6.07, 6.45) is 0.707. The van der Waals surface area contributed by atoms with Gasteiger partial charge in [0.25, 0.3) is 0 Å². The molecule has 0 aliphatic rings. The molecule has 0 spiro atoms. The molecule has 0 saturated heterocycles. The van der Waals surface area contributed by atoms with Crippen molar-refractivity contribution >= 4 is 28.8 Å². The Balaban J connectivity index is 1.58. The van der Waals surface area contributed by atoms with Crippen LogP contribution in [0.4, 0.5) is 0 Å².